The summed E-state index contributed by atoms with van der Waals surface area (Å²) in [5.41, 5.74) is -0.133. The zero-order valence-corrected chi connectivity index (χ0v) is 12.0. The highest BCUT2D eigenvalue weighted by atomic mass is 16.5. The number of hydrogen-bond donors (Lipinski definition) is 2. The fourth-order valence-electron chi connectivity index (χ4n) is 3.02. The van der Waals surface area contributed by atoms with E-state index in [0.717, 1.165) is 25.9 Å². The van der Waals surface area contributed by atoms with Crippen molar-refractivity contribution in [3.63, 3.8) is 0 Å². The van der Waals surface area contributed by atoms with Crippen molar-refractivity contribution in [1.29, 1.82) is 0 Å². The summed E-state index contributed by atoms with van der Waals surface area (Å²) >= 11 is 0. The number of aliphatic hydroxyl groups is 1. The van der Waals surface area contributed by atoms with Crippen molar-refractivity contribution in [2.24, 2.45) is 0 Å². The van der Waals surface area contributed by atoms with Gasteiger partial charge in [0.15, 0.2) is 0 Å². The van der Waals surface area contributed by atoms with E-state index in [1.165, 1.54) is 12.8 Å². The van der Waals surface area contributed by atoms with Crippen LogP contribution in [0.25, 0.3) is 0 Å². The Morgan fingerprint density at radius 3 is 2.67 bits per heavy atom. The minimum absolute atomic E-state index is 0.133. The fraction of sp³-hybridized carbons (Fsp3) is 1.00. The number of ether oxygens (including phenoxy) is 1. The molecule has 3 atom stereocenters. The van der Waals surface area contributed by atoms with Crippen LogP contribution in [0, 0.1) is 0 Å². The van der Waals surface area contributed by atoms with Crippen molar-refractivity contribution in [2.75, 3.05) is 26.8 Å². The third-order valence-corrected chi connectivity index (χ3v) is 4.36. The first-order valence-corrected chi connectivity index (χ1v) is 7.22. The Morgan fingerprint density at radius 1 is 1.44 bits per heavy atom. The van der Waals surface area contributed by atoms with Gasteiger partial charge in [0.05, 0.1) is 12.7 Å². The summed E-state index contributed by atoms with van der Waals surface area (Å²) in [4.78, 5) is 2.48. The zero-order valence-electron chi connectivity index (χ0n) is 12.0. The summed E-state index contributed by atoms with van der Waals surface area (Å²) in [5, 5.41) is 13.2. The van der Waals surface area contributed by atoms with Gasteiger partial charge in [-0.2, -0.15) is 0 Å². The second-order valence-corrected chi connectivity index (χ2v) is 6.33. The molecule has 18 heavy (non-hydrogen) atoms. The van der Waals surface area contributed by atoms with E-state index in [0.29, 0.717) is 18.2 Å². The molecule has 1 heterocycles. The van der Waals surface area contributed by atoms with Crippen LogP contribution in [0.1, 0.15) is 39.5 Å². The largest absolute Gasteiger partial charge is 0.394 e. The molecular formula is C14H28N2O2. The van der Waals surface area contributed by atoms with E-state index >= 15 is 0 Å². The van der Waals surface area contributed by atoms with E-state index in [2.05, 4.69) is 24.1 Å². The van der Waals surface area contributed by atoms with Crippen LogP contribution in [0.3, 0.4) is 0 Å². The Kier molecular flexibility index (Phi) is 4.64. The van der Waals surface area contributed by atoms with Crippen LogP contribution in [0.15, 0.2) is 0 Å². The topological polar surface area (TPSA) is 44.7 Å². The molecule has 106 valence electrons. The smallest absolute Gasteiger partial charge is 0.0710 e. The molecule has 2 rings (SSSR count). The predicted molar refractivity (Wildman–Crippen MR) is 72.7 cm³/mol. The Balaban J connectivity index is 1.82. The summed E-state index contributed by atoms with van der Waals surface area (Å²) in [6.07, 6.45) is 5.05. The molecule has 0 bridgehead atoms. The van der Waals surface area contributed by atoms with Crippen LogP contribution >= 0.6 is 0 Å². The normalized spacial score (nSPS) is 30.3. The molecule has 4 nitrogen and oxygen atoms in total. The second-order valence-electron chi connectivity index (χ2n) is 6.33. The van der Waals surface area contributed by atoms with Crippen LogP contribution in [0.2, 0.25) is 0 Å². The maximum absolute atomic E-state index is 9.65. The summed E-state index contributed by atoms with van der Waals surface area (Å²) in [7, 11) is 1.80. The Bertz CT molecular complexity index is 271. The quantitative estimate of drug-likeness (QED) is 0.713. The lowest BCUT2D eigenvalue weighted by Gasteiger charge is -2.35. The molecule has 0 radical (unpaired) electrons. The third-order valence-electron chi connectivity index (χ3n) is 4.36. The molecule has 1 saturated heterocycles. The van der Waals surface area contributed by atoms with Gasteiger partial charge in [-0.3, -0.25) is 4.90 Å². The lowest BCUT2D eigenvalue weighted by Crippen LogP contribution is -2.51. The number of nitrogens with zero attached hydrogens (tertiary/aromatic N) is 1. The van der Waals surface area contributed by atoms with Crippen molar-refractivity contribution in [3.05, 3.63) is 0 Å². The highest BCUT2D eigenvalue weighted by molar-refractivity contribution is 4.95. The molecule has 1 aliphatic carbocycles. The Morgan fingerprint density at radius 2 is 2.17 bits per heavy atom. The van der Waals surface area contributed by atoms with Crippen LogP contribution in [0.5, 0.6) is 0 Å². The molecule has 0 aromatic rings. The monoisotopic (exact) mass is 256 g/mol. The first-order valence-electron chi connectivity index (χ1n) is 7.22. The molecular weight excluding hydrogens is 228 g/mol. The van der Waals surface area contributed by atoms with Crippen LogP contribution in [-0.4, -0.2) is 60.5 Å². The van der Waals surface area contributed by atoms with E-state index in [4.69, 9.17) is 4.74 Å². The van der Waals surface area contributed by atoms with Gasteiger partial charge in [-0.1, -0.05) is 0 Å². The van der Waals surface area contributed by atoms with Crippen molar-refractivity contribution in [2.45, 2.75) is 63.3 Å². The lowest BCUT2D eigenvalue weighted by molar-refractivity contribution is 0.0895. The highest BCUT2D eigenvalue weighted by Crippen LogP contribution is 2.26. The van der Waals surface area contributed by atoms with Gasteiger partial charge in [0.25, 0.3) is 0 Å². The van der Waals surface area contributed by atoms with E-state index in [-0.39, 0.29) is 12.1 Å². The van der Waals surface area contributed by atoms with E-state index < -0.39 is 0 Å². The Labute approximate surface area is 111 Å². The first kappa shape index (κ1) is 14.3. The molecule has 2 N–H and O–H groups in total. The van der Waals surface area contributed by atoms with Crippen LogP contribution in [-0.2, 0) is 4.74 Å². The standard InChI is InChI=1S/C14H28N2O2/c1-11(16-7-6-13(9-16)18-3)8-14(2,10-17)15-12-4-5-12/h11-13,15,17H,4-10H2,1-3H3. The average molecular weight is 256 g/mol. The van der Waals surface area contributed by atoms with Gasteiger partial charge >= 0.3 is 0 Å². The summed E-state index contributed by atoms with van der Waals surface area (Å²) in [6, 6.07) is 1.13. The van der Waals surface area contributed by atoms with Gasteiger partial charge in [-0.25, -0.2) is 0 Å². The van der Waals surface area contributed by atoms with E-state index in [1.807, 2.05) is 0 Å². The number of hydrogen-bond acceptors (Lipinski definition) is 4. The lowest BCUT2D eigenvalue weighted by atomic mass is 9.93. The van der Waals surface area contributed by atoms with Gasteiger partial charge in [-0.05, 0) is 39.5 Å². The van der Waals surface area contributed by atoms with Crippen LogP contribution < -0.4 is 5.32 Å². The molecule has 0 amide bonds. The van der Waals surface area contributed by atoms with Gasteiger partial charge < -0.3 is 15.2 Å². The van der Waals surface area contributed by atoms with Crippen molar-refractivity contribution >= 4 is 0 Å². The van der Waals surface area contributed by atoms with Crippen molar-refractivity contribution in [3.8, 4) is 0 Å². The van der Waals surface area contributed by atoms with Gasteiger partial charge in [0.2, 0.25) is 0 Å². The van der Waals surface area contributed by atoms with E-state index in [9.17, 15) is 5.11 Å². The molecule has 0 aromatic heterocycles. The molecule has 1 saturated carbocycles. The average Bonchev–Trinajstić information content (AvgIpc) is 3.01. The zero-order chi connectivity index (χ0) is 13.2. The Hall–Kier alpha value is -0.160. The minimum atomic E-state index is -0.133. The number of aliphatic hydroxyl groups excluding tert-OH is 1. The van der Waals surface area contributed by atoms with Gasteiger partial charge in [0, 0.05) is 37.8 Å². The molecule has 1 aliphatic heterocycles. The first-order chi connectivity index (χ1) is 8.56. The van der Waals surface area contributed by atoms with Crippen molar-refractivity contribution in [1.82, 2.24) is 10.2 Å². The summed E-state index contributed by atoms with van der Waals surface area (Å²) in [6.45, 7) is 6.77. The molecule has 0 aromatic carbocycles. The third kappa shape index (κ3) is 3.67. The fourth-order valence-corrected chi connectivity index (χ4v) is 3.02. The SMILES string of the molecule is COC1CCN(C(C)CC(C)(CO)NC2CC2)C1. The molecule has 0 spiro atoms. The van der Waals surface area contributed by atoms with Crippen LogP contribution in [0.4, 0.5) is 0 Å². The predicted octanol–water partition coefficient (Wildman–Crippen LogP) is 0.989. The highest BCUT2D eigenvalue weighted by Gasteiger charge is 2.35. The number of rotatable bonds is 7. The summed E-state index contributed by atoms with van der Waals surface area (Å²) in [5.74, 6) is 0. The van der Waals surface area contributed by atoms with Crippen molar-refractivity contribution < 1.29 is 9.84 Å². The second kappa shape index (κ2) is 5.87. The number of methoxy groups -OCH3 is 1. The summed E-state index contributed by atoms with van der Waals surface area (Å²) < 4.78 is 5.42. The van der Waals surface area contributed by atoms with Gasteiger partial charge in [-0.15, -0.1) is 0 Å². The van der Waals surface area contributed by atoms with Gasteiger partial charge in [0.1, 0.15) is 0 Å². The maximum atomic E-state index is 9.65. The maximum Gasteiger partial charge on any atom is 0.0710 e. The molecule has 2 aliphatic rings. The number of likely N-dealkylation sites (tertiary alicyclic amines) is 1. The number of nitrogens with one attached hydrogen (secondary N) is 1. The molecule has 3 unspecified atom stereocenters. The van der Waals surface area contributed by atoms with E-state index in [1.54, 1.807) is 7.11 Å². The molecule has 2 fully saturated rings. The molecule has 4 heteroatoms. The minimum Gasteiger partial charge on any atom is -0.394 e.